The standard InChI is InChI=1S/C4H6O2.Zn/c1-3(2)4(5)6;/h1H2,2H3,(H,5,6);/q;+2/p-1. The molecule has 0 saturated heterocycles. The van der Waals surface area contributed by atoms with Gasteiger partial charge in [0.1, 0.15) is 0 Å². The number of carbonyl (C=O) groups excluding carboxylic acids is 1. The minimum atomic E-state index is -1.19. The normalized spacial score (nSPS) is 6.43. The van der Waals surface area contributed by atoms with Crippen LogP contribution in [0, 0.1) is 0 Å². The maximum Gasteiger partial charge on any atom is 2.00 e. The second kappa shape index (κ2) is 4.00. The van der Waals surface area contributed by atoms with Gasteiger partial charge in [0.05, 0.1) is 5.97 Å². The second-order valence-corrected chi connectivity index (χ2v) is 1.07. The van der Waals surface area contributed by atoms with Crippen LogP contribution < -0.4 is 5.11 Å². The van der Waals surface area contributed by atoms with Crippen LogP contribution in [0.25, 0.3) is 0 Å². The molecule has 0 spiro atoms. The summed E-state index contributed by atoms with van der Waals surface area (Å²) in [6.07, 6.45) is 0. The summed E-state index contributed by atoms with van der Waals surface area (Å²) in [7, 11) is 0. The number of carboxylic acid groups (broad SMARTS) is 1. The molecule has 0 amide bonds. The van der Waals surface area contributed by atoms with E-state index in [1.807, 2.05) is 0 Å². The van der Waals surface area contributed by atoms with Crippen LogP contribution in [0.15, 0.2) is 12.2 Å². The summed E-state index contributed by atoms with van der Waals surface area (Å²) >= 11 is 0. The molecule has 0 saturated carbocycles. The maximum atomic E-state index is 9.49. The van der Waals surface area contributed by atoms with Gasteiger partial charge in [-0.2, -0.15) is 0 Å². The van der Waals surface area contributed by atoms with Crippen molar-refractivity contribution >= 4 is 5.97 Å². The van der Waals surface area contributed by atoms with E-state index >= 15 is 0 Å². The van der Waals surface area contributed by atoms with Crippen molar-refractivity contribution in [3.63, 3.8) is 0 Å². The molecule has 34 valence electrons. The smallest absolute Gasteiger partial charge is 0.545 e. The molecule has 0 N–H and O–H groups in total. The average Bonchev–Trinajstić information content (AvgIpc) is 1.36. The van der Waals surface area contributed by atoms with Gasteiger partial charge in [0.25, 0.3) is 0 Å². The number of hydrogen-bond acceptors (Lipinski definition) is 2. The van der Waals surface area contributed by atoms with Gasteiger partial charge in [-0.1, -0.05) is 6.58 Å². The third-order valence-corrected chi connectivity index (χ3v) is 0.348. The molecule has 0 aromatic carbocycles. The van der Waals surface area contributed by atoms with E-state index < -0.39 is 5.97 Å². The third kappa shape index (κ3) is 5.83. The SMILES string of the molecule is C=C(C)C(=O)[O-].[Zn+2]. The molecule has 0 radical (unpaired) electrons. The molecule has 0 aromatic rings. The van der Waals surface area contributed by atoms with Crippen molar-refractivity contribution in [1.82, 2.24) is 0 Å². The van der Waals surface area contributed by atoms with Crippen molar-refractivity contribution in [3.05, 3.63) is 12.2 Å². The summed E-state index contributed by atoms with van der Waals surface area (Å²) in [5, 5.41) is 9.49. The fourth-order valence-electron chi connectivity index (χ4n) is 0. The molecule has 0 rings (SSSR count). The number of aliphatic carboxylic acids is 1. The van der Waals surface area contributed by atoms with Gasteiger partial charge >= 0.3 is 19.5 Å². The molecular weight excluding hydrogens is 145 g/mol. The topological polar surface area (TPSA) is 40.1 Å². The van der Waals surface area contributed by atoms with Gasteiger partial charge in [-0.25, -0.2) is 0 Å². The molecule has 0 aliphatic heterocycles. The van der Waals surface area contributed by atoms with E-state index in [4.69, 9.17) is 0 Å². The Bertz CT molecular complexity index is 75.7. The van der Waals surface area contributed by atoms with Crippen molar-refractivity contribution in [2.45, 2.75) is 6.92 Å². The van der Waals surface area contributed by atoms with Gasteiger partial charge in [0.2, 0.25) is 0 Å². The molecule has 0 heterocycles. The molecular formula is C4H5O2Zn+. The second-order valence-electron chi connectivity index (χ2n) is 1.07. The molecule has 0 aliphatic carbocycles. The van der Waals surface area contributed by atoms with E-state index in [0.717, 1.165) is 0 Å². The summed E-state index contributed by atoms with van der Waals surface area (Å²) in [6.45, 7) is 4.48. The number of carbonyl (C=O) groups is 1. The summed E-state index contributed by atoms with van der Waals surface area (Å²) < 4.78 is 0. The number of hydrogen-bond donors (Lipinski definition) is 0. The Morgan fingerprint density at radius 2 is 1.86 bits per heavy atom. The minimum absolute atomic E-state index is 0. The zero-order valence-electron chi connectivity index (χ0n) is 4.23. The Morgan fingerprint density at radius 1 is 1.71 bits per heavy atom. The first kappa shape index (κ1) is 9.95. The Morgan fingerprint density at radius 3 is 1.86 bits per heavy atom. The fourth-order valence-corrected chi connectivity index (χ4v) is 0. The molecule has 0 fully saturated rings. The molecule has 7 heavy (non-hydrogen) atoms. The Kier molecular flexibility index (Phi) is 5.69. The van der Waals surface area contributed by atoms with E-state index in [1.54, 1.807) is 0 Å². The Labute approximate surface area is 55.0 Å². The van der Waals surface area contributed by atoms with Gasteiger partial charge in [0.15, 0.2) is 0 Å². The van der Waals surface area contributed by atoms with Gasteiger partial charge in [-0.05, 0) is 12.5 Å². The molecule has 0 unspecified atom stereocenters. The number of rotatable bonds is 1. The first-order valence-electron chi connectivity index (χ1n) is 1.51. The summed E-state index contributed by atoms with van der Waals surface area (Å²) in [4.78, 5) is 9.49. The van der Waals surface area contributed by atoms with Crippen LogP contribution in [-0.2, 0) is 24.3 Å². The van der Waals surface area contributed by atoms with Crippen molar-refractivity contribution in [1.29, 1.82) is 0 Å². The van der Waals surface area contributed by atoms with Crippen LogP contribution in [0.5, 0.6) is 0 Å². The zero-order valence-corrected chi connectivity index (χ0v) is 7.20. The zero-order chi connectivity index (χ0) is 5.15. The average molecular weight is 150 g/mol. The molecule has 0 aliphatic rings. The van der Waals surface area contributed by atoms with E-state index in [9.17, 15) is 9.90 Å². The maximum absolute atomic E-state index is 9.49. The molecule has 0 atom stereocenters. The number of carboxylic acids is 1. The van der Waals surface area contributed by atoms with Crippen molar-refractivity contribution in [3.8, 4) is 0 Å². The first-order valence-corrected chi connectivity index (χ1v) is 1.51. The van der Waals surface area contributed by atoms with E-state index in [-0.39, 0.29) is 25.1 Å². The van der Waals surface area contributed by atoms with E-state index in [1.165, 1.54) is 6.92 Å². The summed E-state index contributed by atoms with van der Waals surface area (Å²) in [5.41, 5.74) is 0.0648. The van der Waals surface area contributed by atoms with Gasteiger partial charge in [-0.3, -0.25) is 0 Å². The van der Waals surface area contributed by atoms with Crippen molar-refractivity contribution < 1.29 is 29.4 Å². The monoisotopic (exact) mass is 149 g/mol. The molecule has 0 bridgehead atoms. The molecule has 2 nitrogen and oxygen atoms in total. The third-order valence-electron chi connectivity index (χ3n) is 0.348. The fraction of sp³-hybridized carbons (Fsp3) is 0.250. The minimum Gasteiger partial charge on any atom is -0.545 e. The largest absolute Gasteiger partial charge is 2.00 e. The quantitative estimate of drug-likeness (QED) is 0.367. The summed E-state index contributed by atoms with van der Waals surface area (Å²) in [5.74, 6) is -1.19. The van der Waals surface area contributed by atoms with Crippen molar-refractivity contribution in [2.24, 2.45) is 0 Å². The van der Waals surface area contributed by atoms with Crippen LogP contribution in [-0.4, -0.2) is 5.97 Å². The predicted octanol–water partition coefficient (Wildman–Crippen LogP) is -0.690. The van der Waals surface area contributed by atoms with Gasteiger partial charge < -0.3 is 9.90 Å². The Balaban J connectivity index is 0. The first-order chi connectivity index (χ1) is 2.64. The Hall–Kier alpha value is -0.167. The van der Waals surface area contributed by atoms with Crippen LogP contribution in [0.2, 0.25) is 0 Å². The predicted molar refractivity (Wildman–Crippen MR) is 19.8 cm³/mol. The molecule has 0 aromatic heterocycles. The van der Waals surface area contributed by atoms with E-state index in [0.29, 0.717) is 0 Å². The van der Waals surface area contributed by atoms with Crippen LogP contribution in [0.3, 0.4) is 0 Å². The molecule has 3 heteroatoms. The summed E-state index contributed by atoms with van der Waals surface area (Å²) in [6, 6.07) is 0. The van der Waals surface area contributed by atoms with Crippen LogP contribution in [0.4, 0.5) is 0 Å². The van der Waals surface area contributed by atoms with Crippen LogP contribution >= 0.6 is 0 Å². The van der Waals surface area contributed by atoms with Gasteiger partial charge in [-0.15, -0.1) is 0 Å². The van der Waals surface area contributed by atoms with E-state index in [2.05, 4.69) is 6.58 Å². The van der Waals surface area contributed by atoms with Crippen molar-refractivity contribution in [2.75, 3.05) is 0 Å². The van der Waals surface area contributed by atoms with Gasteiger partial charge in [0, 0.05) is 0 Å². The van der Waals surface area contributed by atoms with Crippen LogP contribution in [0.1, 0.15) is 6.92 Å².